The molecule has 3 unspecified atom stereocenters. The summed E-state index contributed by atoms with van der Waals surface area (Å²) >= 11 is 0. The molecule has 1 N–H and O–H groups in total. The normalized spacial score (nSPS) is 31.1. The highest BCUT2D eigenvalue weighted by Crippen LogP contribution is 2.24. The van der Waals surface area contributed by atoms with Crippen molar-refractivity contribution < 1.29 is 13.2 Å². The highest BCUT2D eigenvalue weighted by molar-refractivity contribution is 7.91. The van der Waals surface area contributed by atoms with Gasteiger partial charge in [-0.1, -0.05) is 6.42 Å². The maximum Gasteiger partial charge on any atom is 0.150 e. The zero-order valence-corrected chi connectivity index (χ0v) is 13.5. The molecule has 1 saturated carbocycles. The first-order chi connectivity index (χ1) is 9.45. The second-order valence-corrected chi connectivity index (χ2v) is 8.62. The van der Waals surface area contributed by atoms with Crippen molar-refractivity contribution >= 4 is 9.84 Å². The van der Waals surface area contributed by atoms with Crippen LogP contribution in [-0.2, 0) is 14.6 Å². The predicted octanol–water partition coefficient (Wildman–Crippen LogP) is 0.653. The van der Waals surface area contributed by atoms with Crippen molar-refractivity contribution in [2.45, 2.75) is 49.9 Å². The molecule has 1 aliphatic heterocycles. The number of rotatable bonds is 5. The Morgan fingerprint density at radius 2 is 2.00 bits per heavy atom. The van der Waals surface area contributed by atoms with Crippen LogP contribution in [0.3, 0.4) is 0 Å². The van der Waals surface area contributed by atoms with Crippen LogP contribution < -0.4 is 5.32 Å². The fourth-order valence-corrected chi connectivity index (χ4v) is 4.49. The summed E-state index contributed by atoms with van der Waals surface area (Å²) in [6, 6.07) is 0.746. The van der Waals surface area contributed by atoms with Crippen molar-refractivity contribution in [2.75, 3.05) is 39.1 Å². The number of ether oxygens (including phenoxy) is 1. The van der Waals surface area contributed by atoms with E-state index in [0.717, 1.165) is 58.5 Å². The van der Waals surface area contributed by atoms with E-state index >= 15 is 0 Å². The van der Waals surface area contributed by atoms with Crippen LogP contribution in [0.25, 0.3) is 0 Å². The number of hydrogen-bond acceptors (Lipinski definition) is 5. The summed E-state index contributed by atoms with van der Waals surface area (Å²) in [5, 5.41) is 3.47. The van der Waals surface area contributed by atoms with E-state index < -0.39 is 9.84 Å². The molecule has 0 aromatic carbocycles. The fraction of sp³-hybridized carbons (Fsp3) is 1.00. The zero-order valence-electron chi connectivity index (χ0n) is 12.7. The van der Waals surface area contributed by atoms with E-state index in [1.807, 2.05) is 0 Å². The Kier molecular flexibility index (Phi) is 5.84. The molecule has 0 bridgehead atoms. The summed E-state index contributed by atoms with van der Waals surface area (Å²) in [6.07, 6.45) is 5.08. The van der Waals surface area contributed by atoms with Crippen molar-refractivity contribution in [1.29, 1.82) is 0 Å². The Morgan fingerprint density at radius 3 is 2.65 bits per heavy atom. The average molecular weight is 304 g/mol. The van der Waals surface area contributed by atoms with Gasteiger partial charge in [0.25, 0.3) is 0 Å². The standard InChI is InChI=1S/C14H28N2O3S/c1-12(11-16-6-8-19-9-7-16)15-13-4-3-5-14(10-13)20(2,17)18/h12-15H,3-11H2,1-2H3. The van der Waals surface area contributed by atoms with Crippen molar-refractivity contribution in [1.82, 2.24) is 10.2 Å². The minimum Gasteiger partial charge on any atom is -0.379 e. The third-order valence-corrected chi connectivity index (χ3v) is 6.03. The van der Waals surface area contributed by atoms with Crippen LogP contribution in [0.4, 0.5) is 0 Å². The van der Waals surface area contributed by atoms with Crippen molar-refractivity contribution in [3.63, 3.8) is 0 Å². The maximum atomic E-state index is 11.7. The Bertz CT molecular complexity index is 393. The molecule has 0 spiro atoms. The molecule has 20 heavy (non-hydrogen) atoms. The second kappa shape index (κ2) is 7.20. The van der Waals surface area contributed by atoms with E-state index in [1.165, 1.54) is 6.26 Å². The lowest BCUT2D eigenvalue weighted by atomic mass is 9.94. The Balaban J connectivity index is 1.77. The molecule has 0 aromatic heterocycles. The summed E-state index contributed by atoms with van der Waals surface area (Å²) in [4.78, 5) is 2.41. The van der Waals surface area contributed by atoms with Gasteiger partial charge in [-0.2, -0.15) is 0 Å². The second-order valence-electron chi connectivity index (χ2n) is 6.30. The molecule has 0 amide bonds. The van der Waals surface area contributed by atoms with Gasteiger partial charge in [0.1, 0.15) is 9.84 Å². The Labute approximate surface area is 123 Å². The van der Waals surface area contributed by atoms with Crippen LogP contribution in [0.15, 0.2) is 0 Å². The highest BCUT2D eigenvalue weighted by Gasteiger charge is 2.29. The molecule has 2 fully saturated rings. The van der Waals surface area contributed by atoms with Crippen molar-refractivity contribution in [2.24, 2.45) is 0 Å². The van der Waals surface area contributed by atoms with Crippen molar-refractivity contribution in [3.8, 4) is 0 Å². The molecule has 6 heteroatoms. The molecule has 1 saturated heterocycles. The van der Waals surface area contributed by atoms with E-state index in [2.05, 4.69) is 17.1 Å². The van der Waals surface area contributed by atoms with Crippen LogP contribution in [0.2, 0.25) is 0 Å². The van der Waals surface area contributed by atoms with Crippen molar-refractivity contribution in [3.05, 3.63) is 0 Å². The van der Waals surface area contributed by atoms with Crippen LogP contribution >= 0.6 is 0 Å². The molecular weight excluding hydrogens is 276 g/mol. The van der Waals surface area contributed by atoms with Gasteiger partial charge in [0, 0.05) is 38.0 Å². The Morgan fingerprint density at radius 1 is 1.30 bits per heavy atom. The minimum absolute atomic E-state index is 0.149. The summed E-state index contributed by atoms with van der Waals surface area (Å²) in [6.45, 7) is 6.87. The summed E-state index contributed by atoms with van der Waals surface area (Å²) in [5.74, 6) is 0. The van der Waals surface area contributed by atoms with Gasteiger partial charge in [0.05, 0.1) is 18.5 Å². The van der Waals surface area contributed by atoms with Gasteiger partial charge in [0.2, 0.25) is 0 Å². The zero-order chi connectivity index (χ0) is 14.6. The number of morpholine rings is 1. The topological polar surface area (TPSA) is 58.6 Å². The molecule has 118 valence electrons. The molecule has 5 nitrogen and oxygen atoms in total. The first kappa shape index (κ1) is 16.2. The van der Waals surface area contributed by atoms with E-state index in [1.54, 1.807) is 0 Å². The first-order valence-corrected chi connectivity index (χ1v) is 9.65. The predicted molar refractivity (Wildman–Crippen MR) is 80.7 cm³/mol. The smallest absolute Gasteiger partial charge is 0.150 e. The van der Waals surface area contributed by atoms with Gasteiger partial charge in [-0.25, -0.2) is 8.42 Å². The van der Waals surface area contributed by atoms with Crippen LogP contribution in [0.1, 0.15) is 32.6 Å². The monoisotopic (exact) mass is 304 g/mol. The van der Waals surface area contributed by atoms with E-state index in [-0.39, 0.29) is 5.25 Å². The molecule has 3 atom stereocenters. The van der Waals surface area contributed by atoms with E-state index in [9.17, 15) is 8.42 Å². The van der Waals surface area contributed by atoms with Gasteiger partial charge < -0.3 is 10.1 Å². The quantitative estimate of drug-likeness (QED) is 0.808. The van der Waals surface area contributed by atoms with Gasteiger partial charge in [-0.15, -0.1) is 0 Å². The molecule has 1 aliphatic carbocycles. The molecule has 0 aromatic rings. The van der Waals surface area contributed by atoms with Crippen LogP contribution in [0.5, 0.6) is 0 Å². The minimum atomic E-state index is -2.89. The third-order valence-electron chi connectivity index (χ3n) is 4.39. The van der Waals surface area contributed by atoms with E-state index in [0.29, 0.717) is 12.1 Å². The van der Waals surface area contributed by atoms with Crippen LogP contribution in [0, 0.1) is 0 Å². The number of hydrogen-bond donors (Lipinski definition) is 1. The van der Waals surface area contributed by atoms with Crippen LogP contribution in [-0.4, -0.2) is 69.8 Å². The Hall–Kier alpha value is -0.170. The fourth-order valence-electron chi connectivity index (χ4n) is 3.31. The van der Waals surface area contributed by atoms with Gasteiger partial charge in [-0.3, -0.25) is 4.90 Å². The molecule has 0 radical (unpaired) electrons. The molecule has 1 heterocycles. The summed E-state index contributed by atoms with van der Waals surface area (Å²) in [7, 11) is -2.89. The lowest BCUT2D eigenvalue weighted by Crippen LogP contribution is -2.49. The van der Waals surface area contributed by atoms with Gasteiger partial charge in [0.15, 0.2) is 0 Å². The lowest BCUT2D eigenvalue weighted by Gasteiger charge is -2.34. The molecular formula is C14H28N2O3S. The van der Waals surface area contributed by atoms with Gasteiger partial charge >= 0.3 is 0 Å². The molecule has 2 rings (SSSR count). The number of nitrogens with one attached hydrogen (secondary N) is 1. The number of nitrogens with zero attached hydrogens (tertiary/aromatic N) is 1. The third kappa shape index (κ3) is 4.98. The largest absolute Gasteiger partial charge is 0.379 e. The van der Waals surface area contributed by atoms with E-state index in [4.69, 9.17) is 4.74 Å². The van der Waals surface area contributed by atoms with Gasteiger partial charge in [-0.05, 0) is 26.2 Å². The highest BCUT2D eigenvalue weighted by atomic mass is 32.2. The average Bonchev–Trinajstić information content (AvgIpc) is 2.39. The summed E-state index contributed by atoms with van der Waals surface area (Å²) < 4.78 is 28.7. The maximum absolute atomic E-state index is 11.7. The molecule has 2 aliphatic rings. The first-order valence-electron chi connectivity index (χ1n) is 7.70. The lowest BCUT2D eigenvalue weighted by molar-refractivity contribution is 0.0336. The SMILES string of the molecule is CC(CN1CCOCC1)NC1CCCC(S(C)(=O)=O)C1. The summed E-state index contributed by atoms with van der Waals surface area (Å²) in [5.41, 5.74) is 0. The number of sulfone groups is 1.